The summed E-state index contributed by atoms with van der Waals surface area (Å²) in [5, 5.41) is 2.84. The molecule has 0 aliphatic carbocycles. The van der Waals surface area contributed by atoms with Gasteiger partial charge in [0.25, 0.3) is 5.91 Å². The molecule has 0 saturated carbocycles. The Morgan fingerprint density at radius 2 is 1.77 bits per heavy atom. The number of benzene rings is 2. The van der Waals surface area contributed by atoms with Gasteiger partial charge in [-0.2, -0.15) is 0 Å². The van der Waals surface area contributed by atoms with Crippen LogP contribution in [-0.2, 0) is 9.84 Å². The first-order chi connectivity index (χ1) is 12.3. The van der Waals surface area contributed by atoms with Gasteiger partial charge in [0.15, 0.2) is 5.76 Å². The number of hydrogen-bond acceptors (Lipinski definition) is 4. The van der Waals surface area contributed by atoms with Crippen molar-refractivity contribution in [2.75, 3.05) is 5.32 Å². The van der Waals surface area contributed by atoms with Crippen LogP contribution < -0.4 is 5.32 Å². The summed E-state index contributed by atoms with van der Waals surface area (Å²) in [5.74, 6) is -0.673. The van der Waals surface area contributed by atoms with E-state index in [1.54, 1.807) is 30.3 Å². The molecule has 0 unspecified atom stereocenters. The molecule has 3 rings (SSSR count). The van der Waals surface area contributed by atoms with Gasteiger partial charge in [-0.15, -0.1) is 0 Å². The number of sulfone groups is 1. The summed E-state index contributed by atoms with van der Waals surface area (Å²) < 4.78 is 31.2. The van der Waals surface area contributed by atoms with Crippen molar-refractivity contribution in [3.8, 4) is 0 Å². The van der Waals surface area contributed by atoms with Crippen LogP contribution in [0.5, 0.6) is 0 Å². The molecule has 1 N–H and O–H groups in total. The topological polar surface area (TPSA) is 76.4 Å². The van der Waals surface area contributed by atoms with E-state index in [1.165, 1.54) is 24.3 Å². The first-order valence-corrected chi connectivity index (χ1v) is 10.1. The zero-order valence-electron chi connectivity index (χ0n) is 13.5. The number of furan rings is 1. The molecule has 134 valence electrons. The molecule has 0 spiro atoms. The van der Waals surface area contributed by atoms with Crippen LogP contribution in [0.25, 0.3) is 0 Å². The van der Waals surface area contributed by atoms with Gasteiger partial charge < -0.3 is 9.73 Å². The zero-order valence-corrected chi connectivity index (χ0v) is 16.7. The Bertz CT molecular complexity index is 1070. The number of aryl methyl sites for hydroxylation is 1. The SMILES string of the molecule is Cc1ccc(Cl)cc1NC(=O)c1ccc(S(=O)(=O)c2ccc(Br)cc2)o1. The van der Waals surface area contributed by atoms with E-state index in [4.69, 9.17) is 16.0 Å². The molecule has 0 atom stereocenters. The molecule has 2 aromatic carbocycles. The Balaban J connectivity index is 1.86. The molecule has 0 fully saturated rings. The number of rotatable bonds is 4. The summed E-state index contributed by atoms with van der Waals surface area (Å²) >= 11 is 9.19. The quantitative estimate of drug-likeness (QED) is 0.596. The minimum atomic E-state index is -3.84. The molecule has 0 radical (unpaired) electrons. The van der Waals surface area contributed by atoms with E-state index >= 15 is 0 Å². The van der Waals surface area contributed by atoms with Gasteiger partial charge in [-0.3, -0.25) is 4.79 Å². The van der Waals surface area contributed by atoms with Crippen LogP contribution in [0.3, 0.4) is 0 Å². The Hall–Kier alpha value is -2.09. The average Bonchev–Trinajstić information content (AvgIpc) is 3.09. The van der Waals surface area contributed by atoms with E-state index in [9.17, 15) is 13.2 Å². The maximum Gasteiger partial charge on any atom is 0.291 e. The molecule has 5 nitrogen and oxygen atoms in total. The lowest BCUT2D eigenvalue weighted by molar-refractivity contribution is 0.0991. The fraction of sp³-hybridized carbons (Fsp3) is 0.0556. The third kappa shape index (κ3) is 3.85. The van der Waals surface area contributed by atoms with Crippen molar-refractivity contribution in [3.63, 3.8) is 0 Å². The molecule has 0 bridgehead atoms. The lowest BCUT2D eigenvalue weighted by atomic mass is 10.2. The monoisotopic (exact) mass is 453 g/mol. The third-order valence-electron chi connectivity index (χ3n) is 3.64. The normalized spacial score (nSPS) is 11.3. The second kappa shape index (κ2) is 7.26. The van der Waals surface area contributed by atoms with Gasteiger partial charge in [0.2, 0.25) is 14.9 Å². The fourth-order valence-electron chi connectivity index (χ4n) is 2.23. The van der Waals surface area contributed by atoms with Crippen LogP contribution in [-0.4, -0.2) is 14.3 Å². The van der Waals surface area contributed by atoms with Crippen molar-refractivity contribution in [1.82, 2.24) is 0 Å². The maximum absolute atomic E-state index is 12.6. The predicted molar refractivity (Wildman–Crippen MR) is 102 cm³/mol. The molecule has 0 saturated heterocycles. The zero-order chi connectivity index (χ0) is 18.9. The number of carbonyl (C=O) groups excluding carboxylic acids is 1. The molecule has 26 heavy (non-hydrogen) atoms. The molecule has 0 aliphatic heterocycles. The Labute approximate surface area is 164 Å². The van der Waals surface area contributed by atoms with Gasteiger partial charge in [-0.1, -0.05) is 33.6 Å². The first-order valence-electron chi connectivity index (χ1n) is 7.45. The molecule has 0 aliphatic rings. The van der Waals surface area contributed by atoms with Crippen LogP contribution in [0.2, 0.25) is 5.02 Å². The standard InChI is InChI=1S/C18H13BrClNO4S/c1-11-2-5-13(20)10-15(11)21-18(22)16-8-9-17(25-16)26(23,24)14-6-3-12(19)4-7-14/h2-10H,1H3,(H,21,22). The van der Waals surface area contributed by atoms with Crippen LogP contribution in [0, 0.1) is 6.92 Å². The number of amides is 1. The van der Waals surface area contributed by atoms with Crippen LogP contribution in [0.1, 0.15) is 16.1 Å². The minimum Gasteiger partial charge on any atom is -0.439 e. The van der Waals surface area contributed by atoms with Crippen molar-refractivity contribution in [2.45, 2.75) is 16.9 Å². The minimum absolute atomic E-state index is 0.0766. The van der Waals surface area contributed by atoms with Gasteiger partial charge in [0.05, 0.1) is 4.90 Å². The van der Waals surface area contributed by atoms with E-state index in [2.05, 4.69) is 21.2 Å². The molecule has 8 heteroatoms. The summed E-state index contributed by atoms with van der Waals surface area (Å²) in [5.41, 5.74) is 1.34. The van der Waals surface area contributed by atoms with Crippen molar-refractivity contribution in [3.05, 3.63) is 75.4 Å². The molecule has 1 amide bonds. The summed E-state index contributed by atoms with van der Waals surface area (Å²) in [7, 11) is -3.84. The maximum atomic E-state index is 12.6. The first kappa shape index (κ1) is 18.7. The van der Waals surface area contributed by atoms with Crippen LogP contribution in [0.4, 0.5) is 5.69 Å². The van der Waals surface area contributed by atoms with Crippen molar-refractivity contribution < 1.29 is 17.6 Å². The Morgan fingerprint density at radius 3 is 2.46 bits per heavy atom. The van der Waals surface area contributed by atoms with Crippen LogP contribution >= 0.6 is 27.5 Å². The van der Waals surface area contributed by atoms with Gasteiger partial charge in [0.1, 0.15) is 0 Å². The average molecular weight is 455 g/mol. The van der Waals surface area contributed by atoms with Crippen molar-refractivity contribution >= 4 is 49.0 Å². The second-order valence-electron chi connectivity index (χ2n) is 5.49. The van der Waals surface area contributed by atoms with Crippen molar-refractivity contribution in [2.24, 2.45) is 0 Å². The molecular formula is C18H13BrClNO4S. The smallest absolute Gasteiger partial charge is 0.291 e. The molecular weight excluding hydrogens is 442 g/mol. The van der Waals surface area contributed by atoms with Gasteiger partial charge in [0, 0.05) is 15.2 Å². The van der Waals surface area contributed by atoms with E-state index < -0.39 is 15.7 Å². The van der Waals surface area contributed by atoms with E-state index in [1.807, 2.05) is 6.92 Å². The summed E-state index contributed by atoms with van der Waals surface area (Å²) in [6.07, 6.45) is 0. The number of hydrogen-bond donors (Lipinski definition) is 1. The lowest BCUT2D eigenvalue weighted by Gasteiger charge is -2.07. The second-order valence-corrected chi connectivity index (χ2v) is 8.72. The highest BCUT2D eigenvalue weighted by molar-refractivity contribution is 9.10. The predicted octanol–water partition coefficient (Wildman–Crippen LogP) is 5.09. The van der Waals surface area contributed by atoms with Crippen molar-refractivity contribution in [1.29, 1.82) is 0 Å². The molecule has 1 aromatic heterocycles. The highest BCUT2D eigenvalue weighted by Gasteiger charge is 2.23. The lowest BCUT2D eigenvalue weighted by Crippen LogP contribution is -2.12. The number of nitrogens with one attached hydrogen (secondary N) is 1. The van der Waals surface area contributed by atoms with Gasteiger partial charge in [-0.05, 0) is 61.0 Å². The highest BCUT2D eigenvalue weighted by Crippen LogP contribution is 2.25. The van der Waals surface area contributed by atoms with Gasteiger partial charge >= 0.3 is 0 Å². The van der Waals surface area contributed by atoms with E-state index in [-0.39, 0.29) is 15.7 Å². The fourth-order valence-corrected chi connectivity index (χ4v) is 3.84. The highest BCUT2D eigenvalue weighted by atomic mass is 79.9. The summed E-state index contributed by atoms with van der Waals surface area (Å²) in [4.78, 5) is 12.4. The summed E-state index contributed by atoms with van der Waals surface area (Å²) in [6, 6.07) is 13.8. The number of halogens is 2. The van der Waals surface area contributed by atoms with E-state index in [0.29, 0.717) is 10.7 Å². The number of carbonyl (C=O) groups is 1. The molecule has 3 aromatic rings. The largest absolute Gasteiger partial charge is 0.439 e. The number of anilines is 1. The molecule has 1 heterocycles. The third-order valence-corrected chi connectivity index (χ3v) is 6.05. The Morgan fingerprint density at radius 1 is 1.08 bits per heavy atom. The Kier molecular flexibility index (Phi) is 5.22. The van der Waals surface area contributed by atoms with Crippen LogP contribution in [0.15, 0.2) is 73.5 Å². The van der Waals surface area contributed by atoms with Gasteiger partial charge in [-0.25, -0.2) is 8.42 Å². The van der Waals surface area contributed by atoms with E-state index in [0.717, 1.165) is 10.0 Å². The summed E-state index contributed by atoms with van der Waals surface area (Å²) in [6.45, 7) is 1.82.